The van der Waals surface area contributed by atoms with Gasteiger partial charge in [-0.2, -0.15) is 0 Å². The first-order chi connectivity index (χ1) is 6.66. The molecule has 0 unspecified atom stereocenters. The lowest BCUT2D eigenvalue weighted by atomic mass is 10.5. The summed E-state index contributed by atoms with van der Waals surface area (Å²) in [6.45, 7) is 5.12. The summed E-state index contributed by atoms with van der Waals surface area (Å²) >= 11 is 0. The van der Waals surface area contributed by atoms with Gasteiger partial charge in [-0.3, -0.25) is 9.69 Å². The maximum atomic E-state index is 11.2. The second kappa shape index (κ2) is 6.37. The zero-order valence-corrected chi connectivity index (χ0v) is 9.24. The maximum Gasteiger partial charge on any atom is 0.327 e. The zero-order valence-electron chi connectivity index (χ0n) is 9.24. The fraction of sp³-hybridized carbons (Fsp3) is 0.778. The third-order valence-corrected chi connectivity index (χ3v) is 1.82. The van der Waals surface area contributed by atoms with E-state index >= 15 is 0 Å². The van der Waals surface area contributed by atoms with Gasteiger partial charge in [-0.1, -0.05) is 13.8 Å². The molecule has 0 atom stereocenters. The quantitative estimate of drug-likeness (QED) is 0.628. The summed E-state index contributed by atoms with van der Waals surface area (Å²) in [7, 11) is 3.05. The van der Waals surface area contributed by atoms with E-state index in [0.717, 1.165) is 4.90 Å². The van der Waals surface area contributed by atoms with Crippen LogP contribution < -0.4 is 0 Å². The highest BCUT2D eigenvalue weighted by atomic mass is 16.5. The molecule has 0 spiro atoms. The smallest absolute Gasteiger partial charge is 0.327 e. The number of amides is 3. The number of urea groups is 1. The average Bonchev–Trinajstić information content (AvgIpc) is 2.46. The van der Waals surface area contributed by atoms with Crippen LogP contribution >= 0.6 is 0 Å². The van der Waals surface area contributed by atoms with Crippen LogP contribution in [-0.4, -0.2) is 55.6 Å². The van der Waals surface area contributed by atoms with Gasteiger partial charge in [-0.05, 0) is 0 Å². The Labute approximate surface area is 84.6 Å². The lowest BCUT2D eigenvalue weighted by Gasteiger charge is -2.13. The van der Waals surface area contributed by atoms with E-state index in [4.69, 9.17) is 4.74 Å². The summed E-state index contributed by atoms with van der Waals surface area (Å²) < 4.78 is 4.80. The minimum atomic E-state index is -0.239. The molecule has 0 N–H and O–H groups in total. The molecule has 0 aliphatic carbocycles. The predicted octanol–water partition coefficient (Wildman–Crippen LogP) is 0.553. The highest BCUT2D eigenvalue weighted by Gasteiger charge is 2.32. The van der Waals surface area contributed by atoms with Gasteiger partial charge in [0.25, 0.3) is 0 Å². The van der Waals surface area contributed by atoms with Crippen molar-refractivity contribution < 1.29 is 14.3 Å². The van der Waals surface area contributed by atoms with E-state index in [1.165, 1.54) is 11.9 Å². The molecule has 0 bridgehead atoms. The Hall–Kier alpha value is -1.10. The van der Waals surface area contributed by atoms with Crippen molar-refractivity contribution in [2.75, 3.05) is 33.9 Å². The van der Waals surface area contributed by atoms with E-state index < -0.39 is 0 Å². The molecule has 1 heterocycles. The molecule has 0 saturated carbocycles. The van der Waals surface area contributed by atoms with E-state index in [-0.39, 0.29) is 18.5 Å². The number of likely N-dealkylation sites (N-methyl/N-ethyl adjacent to an activating group) is 1. The number of ether oxygens (including phenoxy) is 1. The van der Waals surface area contributed by atoms with Crippen molar-refractivity contribution in [2.24, 2.45) is 0 Å². The van der Waals surface area contributed by atoms with Crippen molar-refractivity contribution in [3.8, 4) is 0 Å². The highest BCUT2D eigenvalue weighted by molar-refractivity contribution is 6.01. The second-order valence-electron chi connectivity index (χ2n) is 2.65. The Balaban J connectivity index is 0.000000791. The number of rotatable bonds is 3. The van der Waals surface area contributed by atoms with Crippen LogP contribution in [0.15, 0.2) is 0 Å². The van der Waals surface area contributed by atoms with Crippen molar-refractivity contribution in [2.45, 2.75) is 13.8 Å². The summed E-state index contributed by atoms with van der Waals surface area (Å²) in [4.78, 5) is 24.8. The number of hydrogen-bond acceptors (Lipinski definition) is 3. The van der Waals surface area contributed by atoms with Crippen LogP contribution in [0.5, 0.6) is 0 Å². The number of hydrogen-bond donors (Lipinski definition) is 0. The molecule has 82 valence electrons. The molecule has 1 aliphatic rings. The molecule has 1 aliphatic heterocycles. The zero-order chi connectivity index (χ0) is 11.1. The molecule has 0 radical (unpaired) electrons. The van der Waals surface area contributed by atoms with E-state index in [1.807, 2.05) is 13.8 Å². The molecule has 0 aromatic heterocycles. The van der Waals surface area contributed by atoms with E-state index in [2.05, 4.69) is 0 Å². The van der Waals surface area contributed by atoms with Gasteiger partial charge in [0, 0.05) is 20.7 Å². The molecular weight excluding hydrogens is 184 g/mol. The Morgan fingerprint density at radius 3 is 2.29 bits per heavy atom. The summed E-state index contributed by atoms with van der Waals surface area (Å²) in [6.07, 6.45) is 0. The average molecular weight is 202 g/mol. The van der Waals surface area contributed by atoms with Crippen LogP contribution in [-0.2, 0) is 9.53 Å². The van der Waals surface area contributed by atoms with Crippen molar-refractivity contribution in [1.82, 2.24) is 9.80 Å². The fourth-order valence-electron chi connectivity index (χ4n) is 1.03. The molecule has 14 heavy (non-hydrogen) atoms. The van der Waals surface area contributed by atoms with Crippen LogP contribution in [0, 0.1) is 0 Å². The van der Waals surface area contributed by atoms with Crippen molar-refractivity contribution >= 4 is 11.9 Å². The van der Waals surface area contributed by atoms with Gasteiger partial charge in [-0.25, -0.2) is 4.79 Å². The monoisotopic (exact) mass is 202 g/mol. The molecule has 5 heteroatoms. The van der Waals surface area contributed by atoms with Gasteiger partial charge in [0.1, 0.15) is 6.54 Å². The molecule has 0 aromatic rings. The van der Waals surface area contributed by atoms with Gasteiger partial charge in [0.2, 0.25) is 5.91 Å². The Morgan fingerprint density at radius 1 is 1.36 bits per heavy atom. The number of carbonyl (C=O) groups excluding carboxylic acids is 2. The number of imide groups is 1. The van der Waals surface area contributed by atoms with Crippen LogP contribution in [0.25, 0.3) is 0 Å². The number of carbonyl (C=O) groups is 2. The third kappa shape index (κ3) is 2.99. The molecule has 0 aromatic carbocycles. The molecular formula is C9H18N2O3. The molecule has 5 nitrogen and oxygen atoms in total. The predicted molar refractivity (Wildman–Crippen MR) is 53.0 cm³/mol. The normalized spacial score (nSPS) is 15.7. The Kier molecular flexibility index (Phi) is 5.87. The molecule has 1 fully saturated rings. The van der Waals surface area contributed by atoms with Gasteiger partial charge >= 0.3 is 6.03 Å². The first kappa shape index (κ1) is 12.9. The first-order valence-electron chi connectivity index (χ1n) is 4.71. The summed E-state index contributed by atoms with van der Waals surface area (Å²) in [6, 6.07) is -0.239. The number of nitrogens with zero attached hydrogens (tertiary/aromatic N) is 2. The van der Waals surface area contributed by atoms with Gasteiger partial charge in [0.05, 0.1) is 6.61 Å². The largest absolute Gasteiger partial charge is 0.383 e. The van der Waals surface area contributed by atoms with Crippen LogP contribution in [0.1, 0.15) is 13.8 Å². The minimum Gasteiger partial charge on any atom is -0.383 e. The molecule has 1 saturated heterocycles. The lowest BCUT2D eigenvalue weighted by molar-refractivity contribution is -0.124. The van der Waals surface area contributed by atoms with Gasteiger partial charge in [0.15, 0.2) is 0 Å². The first-order valence-corrected chi connectivity index (χ1v) is 4.71. The van der Waals surface area contributed by atoms with E-state index in [0.29, 0.717) is 13.2 Å². The van der Waals surface area contributed by atoms with Crippen LogP contribution in [0.3, 0.4) is 0 Å². The summed E-state index contributed by atoms with van der Waals surface area (Å²) in [5.41, 5.74) is 0. The van der Waals surface area contributed by atoms with Crippen LogP contribution in [0.4, 0.5) is 4.79 Å². The van der Waals surface area contributed by atoms with Crippen LogP contribution in [0.2, 0.25) is 0 Å². The van der Waals surface area contributed by atoms with Gasteiger partial charge < -0.3 is 9.64 Å². The van der Waals surface area contributed by atoms with Crippen molar-refractivity contribution in [3.05, 3.63) is 0 Å². The van der Waals surface area contributed by atoms with Gasteiger partial charge in [-0.15, -0.1) is 0 Å². The summed E-state index contributed by atoms with van der Waals surface area (Å²) in [5, 5.41) is 0. The maximum absolute atomic E-state index is 11.2. The third-order valence-electron chi connectivity index (χ3n) is 1.82. The fourth-order valence-corrected chi connectivity index (χ4v) is 1.03. The number of methoxy groups -OCH3 is 1. The molecule has 1 rings (SSSR count). The van der Waals surface area contributed by atoms with E-state index in [1.54, 1.807) is 7.11 Å². The second-order valence-corrected chi connectivity index (χ2v) is 2.65. The topological polar surface area (TPSA) is 49.9 Å². The standard InChI is InChI=1S/C7H12N2O3.C2H6/c1-8-6(10)5-9(7(8)11)3-4-12-2;1-2/h3-5H2,1-2H3;1-2H3. The Bertz CT molecular complexity index is 206. The highest BCUT2D eigenvalue weighted by Crippen LogP contribution is 2.06. The molecule has 3 amide bonds. The van der Waals surface area contributed by atoms with E-state index in [9.17, 15) is 9.59 Å². The lowest BCUT2D eigenvalue weighted by Crippen LogP contribution is -2.32. The van der Waals surface area contributed by atoms with Crippen molar-refractivity contribution in [1.29, 1.82) is 0 Å². The minimum absolute atomic E-state index is 0.156. The summed E-state index contributed by atoms with van der Waals surface area (Å²) in [5.74, 6) is -0.156. The Morgan fingerprint density at radius 2 is 1.93 bits per heavy atom. The van der Waals surface area contributed by atoms with Crippen molar-refractivity contribution in [3.63, 3.8) is 0 Å². The SMILES string of the molecule is CC.COCCN1CC(=O)N(C)C1=O.